The lowest BCUT2D eigenvalue weighted by atomic mass is 9.81. The predicted molar refractivity (Wildman–Crippen MR) is 59.4 cm³/mol. The van der Waals surface area contributed by atoms with Crippen molar-refractivity contribution in [1.29, 1.82) is 0 Å². The molecule has 3 nitrogen and oxygen atoms in total. The first-order valence-electron chi connectivity index (χ1n) is 5.73. The summed E-state index contributed by atoms with van der Waals surface area (Å²) in [6, 6.07) is 0. The summed E-state index contributed by atoms with van der Waals surface area (Å²) in [6.45, 7) is 2.51. The molecule has 84 valence electrons. The molecule has 1 unspecified atom stereocenters. The van der Waals surface area contributed by atoms with Crippen LogP contribution in [0.1, 0.15) is 32.0 Å². The fourth-order valence-electron chi connectivity index (χ4n) is 2.23. The highest BCUT2D eigenvalue weighted by Crippen LogP contribution is 2.47. The molecule has 0 amide bonds. The SMILES string of the molecule is Cn1ccnc1CCC(C)(CO)C1CC1. The van der Waals surface area contributed by atoms with Crippen LogP contribution in [0, 0.1) is 11.3 Å². The van der Waals surface area contributed by atoms with Crippen molar-refractivity contribution in [2.24, 2.45) is 18.4 Å². The van der Waals surface area contributed by atoms with E-state index < -0.39 is 0 Å². The van der Waals surface area contributed by atoms with Gasteiger partial charge in [0, 0.05) is 32.5 Å². The summed E-state index contributed by atoms with van der Waals surface area (Å²) >= 11 is 0. The van der Waals surface area contributed by atoms with Gasteiger partial charge in [0.2, 0.25) is 0 Å². The van der Waals surface area contributed by atoms with Crippen LogP contribution in [-0.4, -0.2) is 21.3 Å². The first-order chi connectivity index (χ1) is 7.15. The topological polar surface area (TPSA) is 38.0 Å². The summed E-state index contributed by atoms with van der Waals surface area (Å²) in [7, 11) is 2.02. The van der Waals surface area contributed by atoms with Crippen LogP contribution in [-0.2, 0) is 13.5 Å². The van der Waals surface area contributed by atoms with Crippen LogP contribution in [0.25, 0.3) is 0 Å². The van der Waals surface area contributed by atoms with Crippen LogP contribution in [0.4, 0.5) is 0 Å². The number of aliphatic hydroxyl groups excluding tert-OH is 1. The molecular weight excluding hydrogens is 188 g/mol. The van der Waals surface area contributed by atoms with Crippen molar-refractivity contribution in [1.82, 2.24) is 9.55 Å². The summed E-state index contributed by atoms with van der Waals surface area (Å²) in [5, 5.41) is 9.47. The van der Waals surface area contributed by atoms with Gasteiger partial charge in [-0.15, -0.1) is 0 Å². The van der Waals surface area contributed by atoms with Crippen molar-refractivity contribution in [3.05, 3.63) is 18.2 Å². The van der Waals surface area contributed by atoms with E-state index in [2.05, 4.69) is 16.5 Å². The number of hydrogen-bond acceptors (Lipinski definition) is 2. The highest BCUT2D eigenvalue weighted by atomic mass is 16.3. The van der Waals surface area contributed by atoms with Crippen molar-refractivity contribution in [3.63, 3.8) is 0 Å². The van der Waals surface area contributed by atoms with Gasteiger partial charge in [-0.25, -0.2) is 4.98 Å². The fraction of sp³-hybridized carbons (Fsp3) is 0.750. The summed E-state index contributed by atoms with van der Waals surface area (Å²) in [5.74, 6) is 1.86. The van der Waals surface area contributed by atoms with Crippen LogP contribution < -0.4 is 0 Å². The lowest BCUT2D eigenvalue weighted by molar-refractivity contribution is 0.109. The zero-order chi connectivity index (χ0) is 10.9. The Kier molecular flexibility index (Phi) is 2.83. The molecule has 1 fully saturated rings. The van der Waals surface area contributed by atoms with Crippen molar-refractivity contribution in [3.8, 4) is 0 Å². The second kappa shape index (κ2) is 3.97. The third kappa shape index (κ3) is 2.23. The first-order valence-corrected chi connectivity index (χ1v) is 5.73. The number of aliphatic hydroxyl groups is 1. The molecule has 0 saturated heterocycles. The van der Waals surface area contributed by atoms with Gasteiger partial charge in [0.15, 0.2) is 0 Å². The van der Waals surface area contributed by atoms with Crippen molar-refractivity contribution >= 4 is 0 Å². The Morgan fingerprint density at radius 2 is 2.33 bits per heavy atom. The molecular formula is C12H20N2O. The number of aromatic nitrogens is 2. The molecule has 1 aliphatic rings. The molecule has 1 heterocycles. The maximum Gasteiger partial charge on any atom is 0.108 e. The maximum absolute atomic E-state index is 9.47. The molecule has 2 rings (SSSR count). The molecule has 1 aliphatic carbocycles. The van der Waals surface area contributed by atoms with E-state index in [1.807, 2.05) is 19.4 Å². The van der Waals surface area contributed by atoms with Crippen molar-refractivity contribution in [2.75, 3.05) is 6.61 Å². The molecule has 0 radical (unpaired) electrons. The first kappa shape index (κ1) is 10.7. The molecule has 1 aromatic heterocycles. The molecule has 1 atom stereocenters. The van der Waals surface area contributed by atoms with Gasteiger partial charge >= 0.3 is 0 Å². The van der Waals surface area contributed by atoms with Crippen molar-refractivity contribution < 1.29 is 5.11 Å². The molecule has 15 heavy (non-hydrogen) atoms. The highest BCUT2D eigenvalue weighted by Gasteiger charge is 2.40. The minimum atomic E-state index is 0.117. The van der Waals surface area contributed by atoms with Gasteiger partial charge in [-0.05, 0) is 30.6 Å². The van der Waals surface area contributed by atoms with E-state index in [4.69, 9.17) is 0 Å². The lowest BCUT2D eigenvalue weighted by Gasteiger charge is -2.26. The van der Waals surface area contributed by atoms with Gasteiger partial charge in [-0.2, -0.15) is 0 Å². The average Bonchev–Trinajstić information content (AvgIpc) is 3.01. The summed E-state index contributed by atoms with van der Waals surface area (Å²) < 4.78 is 2.06. The van der Waals surface area contributed by atoms with E-state index in [0.29, 0.717) is 6.61 Å². The minimum absolute atomic E-state index is 0.117. The number of rotatable bonds is 5. The maximum atomic E-state index is 9.47. The number of hydrogen-bond donors (Lipinski definition) is 1. The largest absolute Gasteiger partial charge is 0.396 e. The molecule has 1 aromatic rings. The van der Waals surface area contributed by atoms with Crippen LogP contribution in [0.15, 0.2) is 12.4 Å². The third-order valence-electron chi connectivity index (χ3n) is 3.76. The lowest BCUT2D eigenvalue weighted by Crippen LogP contribution is -2.25. The summed E-state index contributed by atoms with van der Waals surface area (Å²) in [6.07, 6.45) is 8.40. The van der Waals surface area contributed by atoms with Crippen LogP contribution in [0.2, 0.25) is 0 Å². The Morgan fingerprint density at radius 1 is 1.60 bits per heavy atom. The van der Waals surface area contributed by atoms with Crippen LogP contribution in [0.3, 0.4) is 0 Å². The summed E-state index contributed by atoms with van der Waals surface area (Å²) in [5.41, 5.74) is 0.117. The van der Waals surface area contributed by atoms with Gasteiger partial charge in [0.25, 0.3) is 0 Å². The number of aryl methyl sites for hydroxylation is 2. The predicted octanol–water partition coefficient (Wildman–Crippen LogP) is 1.76. The number of imidazole rings is 1. The van der Waals surface area contributed by atoms with Gasteiger partial charge in [-0.3, -0.25) is 0 Å². The smallest absolute Gasteiger partial charge is 0.108 e. The third-order valence-corrected chi connectivity index (χ3v) is 3.76. The summed E-state index contributed by atoms with van der Waals surface area (Å²) in [4.78, 5) is 4.31. The number of nitrogens with zero attached hydrogens (tertiary/aromatic N) is 2. The van der Waals surface area contributed by atoms with Gasteiger partial charge in [-0.1, -0.05) is 6.92 Å². The molecule has 1 saturated carbocycles. The van der Waals surface area contributed by atoms with Gasteiger partial charge in [0.05, 0.1) is 0 Å². The van der Waals surface area contributed by atoms with E-state index in [1.165, 1.54) is 12.8 Å². The molecule has 3 heteroatoms. The van der Waals surface area contributed by atoms with Crippen molar-refractivity contribution in [2.45, 2.75) is 32.6 Å². The zero-order valence-corrected chi connectivity index (χ0v) is 9.61. The Morgan fingerprint density at radius 3 is 2.80 bits per heavy atom. The normalized spacial score (nSPS) is 20.2. The Bertz CT molecular complexity index is 330. The van der Waals surface area contributed by atoms with E-state index in [1.54, 1.807) is 0 Å². The highest BCUT2D eigenvalue weighted by molar-refractivity contribution is 4.96. The molecule has 0 bridgehead atoms. The molecule has 1 N–H and O–H groups in total. The minimum Gasteiger partial charge on any atom is -0.396 e. The Labute approximate surface area is 91.1 Å². The zero-order valence-electron chi connectivity index (χ0n) is 9.61. The second-order valence-corrected chi connectivity index (χ2v) is 5.04. The quantitative estimate of drug-likeness (QED) is 0.800. The Balaban J connectivity index is 1.94. The van der Waals surface area contributed by atoms with Gasteiger partial charge < -0.3 is 9.67 Å². The average molecular weight is 208 g/mol. The molecule has 0 spiro atoms. The Hall–Kier alpha value is -0.830. The van der Waals surface area contributed by atoms with Crippen LogP contribution >= 0.6 is 0 Å². The standard InChI is InChI=1S/C12H20N2O/c1-12(9-15,10-3-4-10)6-5-11-13-7-8-14(11)2/h7-8,10,15H,3-6,9H2,1-2H3. The van der Waals surface area contributed by atoms with Gasteiger partial charge in [0.1, 0.15) is 5.82 Å². The van der Waals surface area contributed by atoms with E-state index in [9.17, 15) is 5.11 Å². The van der Waals surface area contributed by atoms with E-state index >= 15 is 0 Å². The molecule has 0 aliphatic heterocycles. The monoisotopic (exact) mass is 208 g/mol. The molecule has 0 aromatic carbocycles. The van der Waals surface area contributed by atoms with E-state index in [-0.39, 0.29) is 5.41 Å². The second-order valence-electron chi connectivity index (χ2n) is 5.04. The van der Waals surface area contributed by atoms with Crippen LogP contribution in [0.5, 0.6) is 0 Å². The van der Waals surface area contributed by atoms with E-state index in [0.717, 1.165) is 24.6 Å². The fourth-order valence-corrected chi connectivity index (χ4v) is 2.23.